The van der Waals surface area contributed by atoms with E-state index in [4.69, 9.17) is 4.42 Å². The number of aryl methyl sites for hydroxylation is 2. The highest BCUT2D eigenvalue weighted by Crippen LogP contribution is 2.23. The van der Waals surface area contributed by atoms with E-state index in [2.05, 4.69) is 0 Å². The Hall–Kier alpha value is -1.90. The second-order valence-electron chi connectivity index (χ2n) is 4.81. The molecule has 0 saturated heterocycles. The first-order chi connectivity index (χ1) is 8.40. The monoisotopic (exact) mass is 244 g/mol. The minimum absolute atomic E-state index is 0.0118. The quantitative estimate of drug-likeness (QED) is 0.815. The van der Waals surface area contributed by atoms with Gasteiger partial charge in [-0.15, -0.1) is 0 Å². The molecule has 1 atom stereocenters. The Morgan fingerprint density at radius 2 is 1.83 bits per heavy atom. The molecule has 1 aromatic heterocycles. The van der Waals surface area contributed by atoms with Gasteiger partial charge >= 0.3 is 5.63 Å². The van der Waals surface area contributed by atoms with Crippen molar-refractivity contribution in [1.82, 2.24) is 0 Å². The van der Waals surface area contributed by atoms with Gasteiger partial charge in [-0.05, 0) is 56.3 Å². The first kappa shape index (κ1) is 12.6. The lowest BCUT2D eigenvalue weighted by Gasteiger charge is -2.09. The van der Waals surface area contributed by atoms with Crippen LogP contribution in [-0.2, 0) is 4.79 Å². The summed E-state index contributed by atoms with van der Waals surface area (Å²) in [6.07, 6.45) is 0. The lowest BCUT2D eigenvalue weighted by Crippen LogP contribution is -2.10. The van der Waals surface area contributed by atoms with Crippen LogP contribution in [0.2, 0.25) is 0 Å². The maximum atomic E-state index is 12.0. The fourth-order valence-electron chi connectivity index (χ4n) is 2.09. The molecule has 0 amide bonds. The van der Waals surface area contributed by atoms with E-state index in [9.17, 15) is 9.59 Å². The average Bonchev–Trinajstić information content (AvgIpc) is 2.29. The SMILES string of the molecule is CC(=O)C(C)c1cc2c(C)cc(C)cc2c(=O)o1. The number of fused-ring (bicyclic) bond motifs is 1. The number of hydrogen-bond donors (Lipinski definition) is 0. The van der Waals surface area contributed by atoms with Crippen molar-refractivity contribution in [1.29, 1.82) is 0 Å². The Morgan fingerprint density at radius 3 is 2.44 bits per heavy atom. The van der Waals surface area contributed by atoms with Gasteiger partial charge in [0.1, 0.15) is 11.5 Å². The summed E-state index contributed by atoms with van der Waals surface area (Å²) in [6.45, 7) is 7.14. The molecule has 0 fully saturated rings. The normalized spacial score (nSPS) is 12.7. The Labute approximate surface area is 105 Å². The van der Waals surface area contributed by atoms with Crippen LogP contribution in [-0.4, -0.2) is 5.78 Å². The highest BCUT2D eigenvalue weighted by atomic mass is 16.4. The van der Waals surface area contributed by atoms with Crippen molar-refractivity contribution < 1.29 is 9.21 Å². The van der Waals surface area contributed by atoms with E-state index in [0.29, 0.717) is 11.1 Å². The second-order valence-corrected chi connectivity index (χ2v) is 4.81. The number of ketones is 1. The molecule has 0 N–H and O–H groups in total. The summed E-state index contributed by atoms with van der Waals surface area (Å²) in [7, 11) is 0. The van der Waals surface area contributed by atoms with Crippen molar-refractivity contribution in [2.45, 2.75) is 33.6 Å². The van der Waals surface area contributed by atoms with Crippen LogP contribution in [0.5, 0.6) is 0 Å². The Bertz CT molecular complexity index is 680. The summed E-state index contributed by atoms with van der Waals surface area (Å²) >= 11 is 0. The highest BCUT2D eigenvalue weighted by molar-refractivity contribution is 5.87. The van der Waals surface area contributed by atoms with Crippen LogP contribution in [0.1, 0.15) is 36.7 Å². The fraction of sp³-hybridized carbons (Fsp3) is 0.333. The summed E-state index contributed by atoms with van der Waals surface area (Å²) < 4.78 is 5.25. The van der Waals surface area contributed by atoms with E-state index in [0.717, 1.165) is 16.5 Å². The molecule has 0 aliphatic rings. The molecule has 0 aliphatic heterocycles. The summed E-state index contributed by atoms with van der Waals surface area (Å²) in [5.74, 6) is 0.0389. The maximum Gasteiger partial charge on any atom is 0.343 e. The summed E-state index contributed by atoms with van der Waals surface area (Å²) in [4.78, 5) is 23.3. The van der Waals surface area contributed by atoms with Gasteiger partial charge in [0.2, 0.25) is 0 Å². The lowest BCUT2D eigenvalue weighted by atomic mass is 9.99. The summed E-state index contributed by atoms with van der Waals surface area (Å²) in [6, 6.07) is 5.64. The van der Waals surface area contributed by atoms with Gasteiger partial charge in [-0.1, -0.05) is 6.07 Å². The number of carbonyl (C=O) groups is 1. The standard InChI is InChI=1S/C15H16O3/c1-8-5-9(2)12-7-14(10(3)11(4)16)18-15(17)13(12)6-8/h5-7,10H,1-4H3. The van der Waals surface area contributed by atoms with Crippen LogP contribution < -0.4 is 5.63 Å². The molecular weight excluding hydrogens is 228 g/mol. The zero-order valence-corrected chi connectivity index (χ0v) is 11.0. The van der Waals surface area contributed by atoms with Gasteiger partial charge in [-0.25, -0.2) is 4.79 Å². The first-order valence-electron chi connectivity index (χ1n) is 5.95. The molecule has 1 aromatic carbocycles. The number of hydrogen-bond acceptors (Lipinski definition) is 3. The van der Waals surface area contributed by atoms with Crippen LogP contribution in [0, 0.1) is 13.8 Å². The molecule has 0 spiro atoms. The van der Waals surface area contributed by atoms with E-state index in [1.165, 1.54) is 6.92 Å². The Morgan fingerprint density at radius 1 is 1.17 bits per heavy atom. The predicted octanol–water partition coefficient (Wildman–Crippen LogP) is 3.10. The molecule has 0 aliphatic carbocycles. The van der Waals surface area contributed by atoms with Crippen molar-refractivity contribution >= 4 is 16.6 Å². The third kappa shape index (κ3) is 2.08. The van der Waals surface area contributed by atoms with E-state index in [-0.39, 0.29) is 17.3 Å². The van der Waals surface area contributed by atoms with Crippen molar-refractivity contribution in [2.75, 3.05) is 0 Å². The molecular formula is C15H16O3. The van der Waals surface area contributed by atoms with Gasteiger partial charge in [0.15, 0.2) is 0 Å². The minimum Gasteiger partial charge on any atom is -0.427 e. The molecule has 18 heavy (non-hydrogen) atoms. The lowest BCUT2D eigenvalue weighted by molar-refractivity contribution is -0.118. The third-order valence-corrected chi connectivity index (χ3v) is 3.28. The van der Waals surface area contributed by atoms with Gasteiger partial charge in [-0.3, -0.25) is 4.79 Å². The zero-order valence-electron chi connectivity index (χ0n) is 11.0. The average molecular weight is 244 g/mol. The second kappa shape index (κ2) is 4.41. The minimum atomic E-state index is -0.386. The number of benzene rings is 1. The van der Waals surface area contributed by atoms with E-state index in [1.54, 1.807) is 13.0 Å². The molecule has 0 radical (unpaired) electrons. The zero-order chi connectivity index (χ0) is 13.4. The first-order valence-corrected chi connectivity index (χ1v) is 5.95. The van der Waals surface area contributed by atoms with Gasteiger partial charge in [0.25, 0.3) is 0 Å². The molecule has 0 saturated carbocycles. The van der Waals surface area contributed by atoms with Gasteiger partial charge < -0.3 is 4.42 Å². The van der Waals surface area contributed by atoms with E-state index in [1.807, 2.05) is 26.0 Å². The van der Waals surface area contributed by atoms with Crippen LogP contribution >= 0.6 is 0 Å². The van der Waals surface area contributed by atoms with Gasteiger partial charge in [0.05, 0.1) is 11.3 Å². The van der Waals surface area contributed by atoms with Crippen molar-refractivity contribution in [3.63, 3.8) is 0 Å². The van der Waals surface area contributed by atoms with Crippen molar-refractivity contribution in [3.8, 4) is 0 Å². The van der Waals surface area contributed by atoms with Gasteiger partial charge in [-0.2, -0.15) is 0 Å². The molecule has 3 heteroatoms. The molecule has 1 heterocycles. The van der Waals surface area contributed by atoms with Crippen molar-refractivity contribution in [3.05, 3.63) is 45.5 Å². The van der Waals surface area contributed by atoms with E-state index < -0.39 is 0 Å². The highest BCUT2D eigenvalue weighted by Gasteiger charge is 2.16. The molecule has 2 aromatic rings. The molecule has 0 bridgehead atoms. The summed E-state index contributed by atoms with van der Waals surface area (Å²) in [5.41, 5.74) is 1.68. The number of rotatable bonds is 2. The van der Waals surface area contributed by atoms with E-state index >= 15 is 0 Å². The Balaban J connectivity index is 2.77. The molecule has 1 unspecified atom stereocenters. The van der Waals surface area contributed by atoms with Crippen molar-refractivity contribution in [2.24, 2.45) is 0 Å². The fourth-order valence-corrected chi connectivity index (χ4v) is 2.09. The predicted molar refractivity (Wildman–Crippen MR) is 71.1 cm³/mol. The topological polar surface area (TPSA) is 47.3 Å². The molecule has 94 valence electrons. The van der Waals surface area contributed by atoms with Crippen LogP contribution in [0.15, 0.2) is 27.4 Å². The largest absolute Gasteiger partial charge is 0.427 e. The van der Waals surface area contributed by atoms with Crippen LogP contribution in [0.25, 0.3) is 10.8 Å². The molecule has 3 nitrogen and oxygen atoms in total. The van der Waals surface area contributed by atoms with Gasteiger partial charge in [0, 0.05) is 0 Å². The smallest absolute Gasteiger partial charge is 0.343 e. The maximum absolute atomic E-state index is 12.0. The number of carbonyl (C=O) groups excluding carboxylic acids is 1. The third-order valence-electron chi connectivity index (χ3n) is 3.28. The van der Waals surface area contributed by atoms with Crippen LogP contribution in [0.3, 0.4) is 0 Å². The Kier molecular flexibility index (Phi) is 3.07. The molecule has 2 rings (SSSR count). The van der Waals surface area contributed by atoms with Crippen LogP contribution in [0.4, 0.5) is 0 Å². The number of Topliss-reactive ketones (excluding diaryl/α,β-unsaturated/α-hetero) is 1. The summed E-state index contributed by atoms with van der Waals surface area (Å²) in [5, 5.41) is 1.44.